The zero-order valence-electron chi connectivity index (χ0n) is 10.0. The van der Waals surface area contributed by atoms with E-state index in [4.69, 9.17) is 10.5 Å². The Kier molecular flexibility index (Phi) is 4.74. The predicted octanol–water partition coefficient (Wildman–Crippen LogP) is 3.11. The lowest BCUT2D eigenvalue weighted by atomic mass is 9.99. The summed E-state index contributed by atoms with van der Waals surface area (Å²) in [6.07, 6.45) is 2.94. The Balaban J connectivity index is 2.17. The molecule has 0 fully saturated rings. The van der Waals surface area contributed by atoms with Gasteiger partial charge in [-0.2, -0.15) is 0 Å². The van der Waals surface area contributed by atoms with Gasteiger partial charge in [0.05, 0.1) is 6.61 Å². The van der Waals surface area contributed by atoms with Crippen LogP contribution in [0, 0.1) is 5.82 Å². The van der Waals surface area contributed by atoms with Crippen molar-refractivity contribution in [2.75, 3.05) is 6.61 Å². The van der Waals surface area contributed by atoms with Crippen molar-refractivity contribution in [3.05, 3.63) is 30.1 Å². The van der Waals surface area contributed by atoms with E-state index >= 15 is 0 Å². The number of rotatable bonds is 6. The largest absolute Gasteiger partial charge is 0.493 e. The molecule has 1 aromatic carbocycles. The third-order valence-corrected chi connectivity index (χ3v) is 2.28. The van der Waals surface area contributed by atoms with E-state index in [9.17, 15) is 4.39 Å². The second kappa shape index (κ2) is 5.85. The van der Waals surface area contributed by atoms with Crippen LogP contribution in [0.2, 0.25) is 0 Å². The molecule has 0 saturated carbocycles. The van der Waals surface area contributed by atoms with Crippen molar-refractivity contribution in [1.29, 1.82) is 0 Å². The molecule has 0 aliphatic heterocycles. The fraction of sp³-hybridized carbons (Fsp3) is 0.538. The van der Waals surface area contributed by atoms with Gasteiger partial charge in [0, 0.05) is 11.6 Å². The molecule has 16 heavy (non-hydrogen) atoms. The van der Waals surface area contributed by atoms with E-state index < -0.39 is 0 Å². The Hall–Kier alpha value is -1.09. The topological polar surface area (TPSA) is 35.2 Å². The lowest BCUT2D eigenvalue weighted by molar-refractivity contribution is 0.296. The van der Waals surface area contributed by atoms with Gasteiger partial charge < -0.3 is 10.5 Å². The highest BCUT2D eigenvalue weighted by Gasteiger charge is 2.09. The van der Waals surface area contributed by atoms with Crippen molar-refractivity contribution in [1.82, 2.24) is 0 Å². The van der Waals surface area contributed by atoms with Gasteiger partial charge in [0.25, 0.3) is 0 Å². The highest BCUT2D eigenvalue weighted by atomic mass is 19.1. The van der Waals surface area contributed by atoms with E-state index in [0.29, 0.717) is 12.4 Å². The van der Waals surface area contributed by atoms with Crippen LogP contribution in [0.25, 0.3) is 0 Å². The Morgan fingerprint density at radius 1 is 1.31 bits per heavy atom. The van der Waals surface area contributed by atoms with Crippen LogP contribution in [-0.2, 0) is 0 Å². The molecule has 0 aliphatic carbocycles. The monoisotopic (exact) mass is 225 g/mol. The Morgan fingerprint density at radius 2 is 2.06 bits per heavy atom. The molecule has 0 amide bonds. The highest BCUT2D eigenvalue weighted by Crippen LogP contribution is 2.13. The standard InChI is InChI=1S/C13H20FNO/c1-13(2,15)8-3-4-9-16-12-7-5-6-11(14)10-12/h5-7,10H,3-4,8-9,15H2,1-2H3. The molecule has 90 valence electrons. The molecule has 0 aliphatic rings. The molecule has 2 N–H and O–H groups in total. The van der Waals surface area contributed by atoms with Gasteiger partial charge in [0.15, 0.2) is 0 Å². The molecule has 0 atom stereocenters. The van der Waals surface area contributed by atoms with Gasteiger partial charge in [0.2, 0.25) is 0 Å². The van der Waals surface area contributed by atoms with Gasteiger partial charge in [-0.05, 0) is 45.2 Å². The summed E-state index contributed by atoms with van der Waals surface area (Å²) in [6.45, 7) is 4.64. The summed E-state index contributed by atoms with van der Waals surface area (Å²) in [6, 6.07) is 6.21. The van der Waals surface area contributed by atoms with Crippen LogP contribution in [0.15, 0.2) is 24.3 Å². The van der Waals surface area contributed by atoms with Gasteiger partial charge in [-0.15, -0.1) is 0 Å². The summed E-state index contributed by atoms with van der Waals surface area (Å²) < 4.78 is 18.2. The summed E-state index contributed by atoms with van der Waals surface area (Å²) in [7, 11) is 0. The second-order valence-electron chi connectivity index (χ2n) is 4.75. The average Bonchev–Trinajstić information content (AvgIpc) is 2.15. The van der Waals surface area contributed by atoms with E-state index in [1.165, 1.54) is 12.1 Å². The van der Waals surface area contributed by atoms with Crippen molar-refractivity contribution < 1.29 is 9.13 Å². The summed E-state index contributed by atoms with van der Waals surface area (Å²) >= 11 is 0. The molecule has 0 spiro atoms. The van der Waals surface area contributed by atoms with Crippen LogP contribution >= 0.6 is 0 Å². The maximum Gasteiger partial charge on any atom is 0.126 e. The minimum Gasteiger partial charge on any atom is -0.493 e. The van der Waals surface area contributed by atoms with Crippen LogP contribution in [0.4, 0.5) is 4.39 Å². The van der Waals surface area contributed by atoms with Crippen LogP contribution in [0.1, 0.15) is 33.1 Å². The first-order valence-corrected chi connectivity index (χ1v) is 5.65. The summed E-state index contributed by atoms with van der Waals surface area (Å²) in [5.74, 6) is 0.326. The summed E-state index contributed by atoms with van der Waals surface area (Å²) in [4.78, 5) is 0. The van der Waals surface area contributed by atoms with E-state index in [-0.39, 0.29) is 11.4 Å². The SMILES string of the molecule is CC(C)(N)CCCCOc1cccc(F)c1. The quantitative estimate of drug-likeness (QED) is 0.755. The van der Waals surface area contributed by atoms with E-state index in [2.05, 4.69) is 0 Å². The lowest BCUT2D eigenvalue weighted by Crippen LogP contribution is -2.31. The molecule has 0 saturated heterocycles. The first-order valence-electron chi connectivity index (χ1n) is 5.65. The zero-order valence-corrected chi connectivity index (χ0v) is 10.0. The van der Waals surface area contributed by atoms with Crippen molar-refractivity contribution >= 4 is 0 Å². The third kappa shape index (κ3) is 5.71. The first-order chi connectivity index (χ1) is 7.47. The molecule has 1 rings (SSSR count). The summed E-state index contributed by atoms with van der Waals surface area (Å²) in [5.41, 5.74) is 5.75. The maximum atomic E-state index is 12.8. The number of halogens is 1. The Morgan fingerprint density at radius 3 is 2.69 bits per heavy atom. The van der Waals surface area contributed by atoms with Gasteiger partial charge in [-0.3, -0.25) is 0 Å². The van der Waals surface area contributed by atoms with Crippen molar-refractivity contribution in [2.45, 2.75) is 38.6 Å². The van der Waals surface area contributed by atoms with Gasteiger partial charge in [-0.1, -0.05) is 6.07 Å². The average molecular weight is 225 g/mol. The Bertz CT molecular complexity index is 320. The van der Waals surface area contributed by atoms with E-state index in [1.807, 2.05) is 13.8 Å². The highest BCUT2D eigenvalue weighted by molar-refractivity contribution is 5.22. The van der Waals surface area contributed by atoms with E-state index in [0.717, 1.165) is 19.3 Å². The number of ether oxygens (including phenoxy) is 1. The molecule has 0 bridgehead atoms. The normalized spacial score (nSPS) is 11.5. The fourth-order valence-corrected chi connectivity index (χ4v) is 1.43. The molecule has 0 heterocycles. The number of nitrogens with two attached hydrogens (primary N) is 1. The zero-order chi connectivity index (χ0) is 12.0. The van der Waals surface area contributed by atoms with Crippen molar-refractivity contribution in [2.24, 2.45) is 5.73 Å². The molecule has 1 aromatic rings. The lowest BCUT2D eigenvalue weighted by Gasteiger charge is -2.17. The van der Waals surface area contributed by atoms with Gasteiger partial charge >= 0.3 is 0 Å². The number of benzene rings is 1. The second-order valence-corrected chi connectivity index (χ2v) is 4.75. The Labute approximate surface area is 96.6 Å². The van der Waals surface area contributed by atoms with E-state index in [1.54, 1.807) is 12.1 Å². The van der Waals surface area contributed by atoms with Crippen molar-refractivity contribution in [3.8, 4) is 5.75 Å². The minimum atomic E-state index is -0.263. The fourth-order valence-electron chi connectivity index (χ4n) is 1.43. The molecule has 0 aromatic heterocycles. The smallest absolute Gasteiger partial charge is 0.126 e. The van der Waals surface area contributed by atoms with Crippen LogP contribution in [0.5, 0.6) is 5.75 Å². The first kappa shape index (κ1) is 13.0. The number of hydrogen-bond donors (Lipinski definition) is 1. The maximum absolute atomic E-state index is 12.8. The number of unbranched alkanes of at least 4 members (excludes halogenated alkanes) is 1. The third-order valence-electron chi connectivity index (χ3n) is 2.28. The molecule has 0 unspecified atom stereocenters. The summed E-state index contributed by atoms with van der Waals surface area (Å²) in [5, 5.41) is 0. The molecule has 3 heteroatoms. The van der Waals surface area contributed by atoms with Gasteiger partial charge in [0.1, 0.15) is 11.6 Å². The van der Waals surface area contributed by atoms with Crippen LogP contribution in [-0.4, -0.2) is 12.1 Å². The predicted molar refractivity (Wildman–Crippen MR) is 64.0 cm³/mol. The molecule has 2 nitrogen and oxygen atoms in total. The molecular weight excluding hydrogens is 205 g/mol. The van der Waals surface area contributed by atoms with Gasteiger partial charge in [-0.25, -0.2) is 4.39 Å². The molecule has 0 radical (unpaired) electrons. The minimum absolute atomic E-state index is 0.112. The number of hydrogen-bond acceptors (Lipinski definition) is 2. The molecular formula is C13H20FNO. The van der Waals surface area contributed by atoms with Crippen molar-refractivity contribution in [3.63, 3.8) is 0 Å². The van der Waals surface area contributed by atoms with Crippen LogP contribution < -0.4 is 10.5 Å². The van der Waals surface area contributed by atoms with Crippen LogP contribution in [0.3, 0.4) is 0 Å².